The number of para-hydroxylation sites is 1. The predicted octanol–water partition coefficient (Wildman–Crippen LogP) is 3.67. The van der Waals surface area contributed by atoms with Gasteiger partial charge in [0.1, 0.15) is 12.4 Å². The topological polar surface area (TPSA) is 84.5 Å². The third-order valence-electron chi connectivity index (χ3n) is 4.36. The van der Waals surface area contributed by atoms with Crippen LogP contribution in [0.4, 0.5) is 0 Å². The van der Waals surface area contributed by atoms with Gasteiger partial charge in [-0.05, 0) is 36.4 Å². The molecule has 4 rings (SSSR count). The van der Waals surface area contributed by atoms with E-state index in [1.807, 2.05) is 30.3 Å². The summed E-state index contributed by atoms with van der Waals surface area (Å²) in [5.74, 6) is 0.563. The van der Waals surface area contributed by atoms with E-state index in [4.69, 9.17) is 16.3 Å². The van der Waals surface area contributed by atoms with Crippen LogP contribution in [0.1, 0.15) is 15.2 Å². The molecule has 1 aliphatic rings. The SMILES string of the molecule is O=C(NCCNS(=O)(=O)c1cccc(Cl)c1)c1cc2c(s1)-c1ccccc1OC2. The minimum absolute atomic E-state index is 0.0671. The summed E-state index contributed by atoms with van der Waals surface area (Å²) in [6.07, 6.45) is 0. The molecular formula is C20H17ClN2O4S2. The lowest BCUT2D eigenvalue weighted by atomic mass is 10.1. The first-order valence-electron chi connectivity index (χ1n) is 8.82. The van der Waals surface area contributed by atoms with Gasteiger partial charge in [0.25, 0.3) is 5.91 Å². The fourth-order valence-corrected chi connectivity index (χ4v) is 5.42. The second kappa shape index (κ2) is 8.16. The van der Waals surface area contributed by atoms with Crippen molar-refractivity contribution in [2.45, 2.75) is 11.5 Å². The van der Waals surface area contributed by atoms with Crippen LogP contribution in [-0.4, -0.2) is 27.4 Å². The van der Waals surface area contributed by atoms with Crippen LogP contribution in [0.2, 0.25) is 5.02 Å². The second-order valence-electron chi connectivity index (χ2n) is 6.36. The van der Waals surface area contributed by atoms with Gasteiger partial charge in [-0.2, -0.15) is 0 Å². The van der Waals surface area contributed by atoms with E-state index < -0.39 is 10.0 Å². The zero-order valence-corrected chi connectivity index (χ0v) is 17.5. The van der Waals surface area contributed by atoms with E-state index in [1.54, 1.807) is 12.1 Å². The molecule has 0 saturated carbocycles. The van der Waals surface area contributed by atoms with Crippen LogP contribution >= 0.6 is 22.9 Å². The van der Waals surface area contributed by atoms with Gasteiger partial charge in [0.2, 0.25) is 10.0 Å². The smallest absolute Gasteiger partial charge is 0.261 e. The Balaban J connectivity index is 1.36. The van der Waals surface area contributed by atoms with Crippen LogP contribution in [0.25, 0.3) is 10.4 Å². The number of benzene rings is 2. The molecule has 2 heterocycles. The molecule has 0 spiro atoms. The van der Waals surface area contributed by atoms with Gasteiger partial charge < -0.3 is 10.1 Å². The van der Waals surface area contributed by atoms with Gasteiger partial charge in [0, 0.05) is 34.1 Å². The second-order valence-corrected chi connectivity index (χ2v) is 9.62. The van der Waals surface area contributed by atoms with Crippen molar-refractivity contribution in [1.82, 2.24) is 10.0 Å². The number of ether oxygens (including phenoxy) is 1. The third kappa shape index (κ3) is 4.30. The van der Waals surface area contributed by atoms with Crippen molar-refractivity contribution in [3.05, 3.63) is 70.1 Å². The molecule has 0 unspecified atom stereocenters. The summed E-state index contributed by atoms with van der Waals surface area (Å²) in [6.45, 7) is 0.654. The van der Waals surface area contributed by atoms with E-state index in [2.05, 4.69) is 10.0 Å². The molecular weight excluding hydrogens is 432 g/mol. The molecule has 0 atom stereocenters. The Morgan fingerprint density at radius 2 is 1.93 bits per heavy atom. The van der Waals surface area contributed by atoms with E-state index in [-0.39, 0.29) is 23.9 Å². The Labute approximate surface area is 177 Å². The van der Waals surface area contributed by atoms with E-state index in [0.717, 1.165) is 21.8 Å². The molecule has 150 valence electrons. The molecule has 9 heteroatoms. The highest BCUT2D eigenvalue weighted by molar-refractivity contribution is 7.89. The maximum Gasteiger partial charge on any atom is 0.261 e. The molecule has 0 aliphatic carbocycles. The average Bonchev–Trinajstić information content (AvgIpc) is 3.16. The van der Waals surface area contributed by atoms with Gasteiger partial charge in [-0.1, -0.05) is 29.8 Å². The highest BCUT2D eigenvalue weighted by atomic mass is 35.5. The molecule has 3 aromatic rings. The fourth-order valence-electron chi connectivity index (χ4n) is 2.98. The van der Waals surface area contributed by atoms with Crippen molar-refractivity contribution in [2.24, 2.45) is 0 Å². The summed E-state index contributed by atoms with van der Waals surface area (Å²) in [5, 5.41) is 3.09. The number of nitrogens with one attached hydrogen (secondary N) is 2. The summed E-state index contributed by atoms with van der Waals surface area (Å²) in [4.78, 5) is 14.2. The van der Waals surface area contributed by atoms with Gasteiger partial charge in [0.05, 0.1) is 9.77 Å². The largest absolute Gasteiger partial charge is 0.488 e. The lowest BCUT2D eigenvalue weighted by molar-refractivity contribution is 0.0958. The van der Waals surface area contributed by atoms with E-state index >= 15 is 0 Å². The summed E-state index contributed by atoms with van der Waals surface area (Å²) >= 11 is 7.24. The van der Waals surface area contributed by atoms with Crippen molar-refractivity contribution in [3.8, 4) is 16.2 Å². The lowest BCUT2D eigenvalue weighted by Crippen LogP contribution is -2.34. The Morgan fingerprint density at radius 3 is 2.76 bits per heavy atom. The van der Waals surface area contributed by atoms with E-state index in [1.165, 1.54) is 23.5 Å². The van der Waals surface area contributed by atoms with Gasteiger partial charge in [0.15, 0.2) is 0 Å². The van der Waals surface area contributed by atoms with Crippen LogP contribution < -0.4 is 14.8 Å². The Bertz CT molecular complexity index is 1170. The van der Waals surface area contributed by atoms with Crippen molar-refractivity contribution in [1.29, 1.82) is 0 Å². The molecule has 2 aromatic carbocycles. The number of rotatable bonds is 6. The van der Waals surface area contributed by atoms with E-state index in [9.17, 15) is 13.2 Å². The highest BCUT2D eigenvalue weighted by Crippen LogP contribution is 2.42. The maximum absolute atomic E-state index is 12.5. The maximum atomic E-state index is 12.5. The predicted molar refractivity (Wildman–Crippen MR) is 113 cm³/mol. The lowest BCUT2D eigenvalue weighted by Gasteiger charge is -2.16. The molecule has 6 nitrogen and oxygen atoms in total. The normalized spacial score (nSPS) is 12.6. The number of carbonyl (C=O) groups excluding carboxylic acids is 1. The number of thiophene rings is 1. The van der Waals surface area contributed by atoms with Crippen LogP contribution in [-0.2, 0) is 16.6 Å². The molecule has 1 aliphatic heterocycles. The number of fused-ring (bicyclic) bond motifs is 3. The van der Waals surface area contributed by atoms with Crippen molar-refractivity contribution in [2.75, 3.05) is 13.1 Å². The quantitative estimate of drug-likeness (QED) is 0.563. The van der Waals surface area contributed by atoms with Crippen LogP contribution in [0.15, 0.2) is 59.5 Å². The molecule has 0 saturated heterocycles. The first-order chi connectivity index (χ1) is 13.9. The van der Waals surface area contributed by atoms with Gasteiger partial charge in [-0.15, -0.1) is 11.3 Å². The molecule has 2 N–H and O–H groups in total. The number of hydrogen-bond acceptors (Lipinski definition) is 5. The zero-order valence-electron chi connectivity index (χ0n) is 15.1. The molecule has 29 heavy (non-hydrogen) atoms. The summed E-state index contributed by atoms with van der Waals surface area (Å²) in [6, 6.07) is 15.5. The zero-order chi connectivity index (χ0) is 20.4. The van der Waals surface area contributed by atoms with Crippen molar-refractivity contribution < 1.29 is 17.9 Å². The molecule has 0 fully saturated rings. The minimum Gasteiger partial charge on any atom is -0.488 e. The third-order valence-corrected chi connectivity index (χ3v) is 7.26. The minimum atomic E-state index is -3.68. The van der Waals surface area contributed by atoms with Gasteiger partial charge in [-0.25, -0.2) is 13.1 Å². The first-order valence-corrected chi connectivity index (χ1v) is 11.5. The Hall–Kier alpha value is -2.39. The first kappa shape index (κ1) is 19.9. The highest BCUT2D eigenvalue weighted by Gasteiger charge is 2.22. The Morgan fingerprint density at radius 1 is 1.10 bits per heavy atom. The number of sulfonamides is 1. The standard InChI is InChI=1S/C20H17ClN2O4S2/c21-14-4-3-5-15(11-14)29(25,26)23-9-8-22-20(24)18-10-13-12-27-17-7-2-1-6-16(17)19(13)28-18/h1-7,10-11,23H,8-9,12H2,(H,22,24). The number of carbonyl (C=O) groups is 1. The molecule has 1 aromatic heterocycles. The molecule has 0 bridgehead atoms. The fraction of sp³-hybridized carbons (Fsp3) is 0.150. The average molecular weight is 449 g/mol. The number of amides is 1. The summed E-state index contributed by atoms with van der Waals surface area (Å²) < 4.78 is 32.7. The Kier molecular flexibility index (Phi) is 5.60. The van der Waals surface area contributed by atoms with Crippen LogP contribution in [0.3, 0.4) is 0 Å². The van der Waals surface area contributed by atoms with Crippen molar-refractivity contribution in [3.63, 3.8) is 0 Å². The number of halogens is 1. The van der Waals surface area contributed by atoms with E-state index in [0.29, 0.717) is 16.5 Å². The van der Waals surface area contributed by atoms with Gasteiger partial charge >= 0.3 is 0 Å². The molecule has 0 radical (unpaired) electrons. The summed E-state index contributed by atoms with van der Waals surface area (Å²) in [5.41, 5.74) is 1.95. The van der Waals surface area contributed by atoms with Crippen LogP contribution in [0.5, 0.6) is 5.75 Å². The van der Waals surface area contributed by atoms with Crippen molar-refractivity contribution >= 4 is 38.9 Å². The molecule has 1 amide bonds. The number of hydrogen-bond donors (Lipinski definition) is 2. The van der Waals surface area contributed by atoms with Gasteiger partial charge in [-0.3, -0.25) is 4.79 Å². The van der Waals surface area contributed by atoms with Crippen LogP contribution in [0, 0.1) is 0 Å². The monoisotopic (exact) mass is 448 g/mol. The summed E-state index contributed by atoms with van der Waals surface area (Å²) in [7, 11) is -3.68.